The first-order valence-corrected chi connectivity index (χ1v) is 7.18. The zero-order valence-corrected chi connectivity index (χ0v) is 12.5. The van der Waals surface area contributed by atoms with Crippen molar-refractivity contribution in [3.8, 4) is 5.75 Å². The predicted octanol–water partition coefficient (Wildman–Crippen LogP) is 2.47. The average Bonchev–Trinajstić information content (AvgIpc) is 2.86. The monoisotopic (exact) mass is 336 g/mol. The van der Waals surface area contributed by atoms with Gasteiger partial charge in [-0.2, -0.15) is 13.2 Å². The van der Waals surface area contributed by atoms with E-state index in [1.54, 1.807) is 29.2 Å². The molecule has 22 heavy (non-hydrogen) atoms. The minimum absolute atomic E-state index is 0.0710. The summed E-state index contributed by atoms with van der Waals surface area (Å²) in [5.41, 5.74) is 0. The maximum Gasteiger partial charge on any atom is 0.405 e. The van der Waals surface area contributed by atoms with Gasteiger partial charge in [-0.3, -0.25) is 9.69 Å². The number of amides is 1. The second-order valence-corrected chi connectivity index (χ2v) is 5.49. The highest BCUT2D eigenvalue weighted by atomic mass is 35.5. The van der Waals surface area contributed by atoms with Crippen LogP contribution in [0.1, 0.15) is 6.42 Å². The van der Waals surface area contributed by atoms with Crippen molar-refractivity contribution in [3.63, 3.8) is 0 Å². The van der Waals surface area contributed by atoms with Crippen LogP contribution in [0.2, 0.25) is 5.02 Å². The molecular formula is C14H16ClF3N2O2. The molecule has 1 aliphatic heterocycles. The van der Waals surface area contributed by atoms with Gasteiger partial charge in [0, 0.05) is 13.1 Å². The summed E-state index contributed by atoms with van der Waals surface area (Å²) in [7, 11) is 0. The summed E-state index contributed by atoms with van der Waals surface area (Å²) >= 11 is 6.00. The van der Waals surface area contributed by atoms with E-state index < -0.39 is 18.6 Å². The third-order valence-corrected chi connectivity index (χ3v) is 3.52. The number of carbonyl (C=O) groups is 1. The number of ether oxygens (including phenoxy) is 1. The molecule has 0 aromatic heterocycles. The lowest BCUT2D eigenvalue weighted by Gasteiger charge is -2.17. The average molecular weight is 337 g/mol. The summed E-state index contributed by atoms with van der Waals surface area (Å²) < 4.78 is 41.8. The number of nitrogens with zero attached hydrogens (tertiary/aromatic N) is 1. The lowest BCUT2D eigenvalue weighted by Crippen LogP contribution is -2.40. The summed E-state index contributed by atoms with van der Waals surface area (Å²) in [5.74, 6) is -0.0757. The van der Waals surface area contributed by atoms with Gasteiger partial charge >= 0.3 is 6.18 Å². The Morgan fingerprint density at radius 2 is 2.14 bits per heavy atom. The molecule has 1 aromatic rings. The second-order valence-electron chi connectivity index (χ2n) is 5.09. The fourth-order valence-electron chi connectivity index (χ4n) is 2.21. The molecule has 1 amide bonds. The minimum atomic E-state index is -4.39. The van der Waals surface area contributed by atoms with Gasteiger partial charge < -0.3 is 10.1 Å². The van der Waals surface area contributed by atoms with Crippen LogP contribution in [0, 0.1) is 0 Å². The van der Waals surface area contributed by atoms with E-state index >= 15 is 0 Å². The normalized spacial score (nSPS) is 19.2. The Kier molecular flexibility index (Phi) is 5.52. The molecule has 1 N–H and O–H groups in total. The largest absolute Gasteiger partial charge is 0.487 e. The summed E-state index contributed by atoms with van der Waals surface area (Å²) in [6.07, 6.45) is -3.83. The number of rotatable bonds is 5. The highest BCUT2D eigenvalue weighted by Crippen LogP contribution is 2.26. The SMILES string of the molecule is O=C(CN1CCC(Oc2ccccc2Cl)C1)NCC(F)(F)F. The maximum atomic E-state index is 12.0. The topological polar surface area (TPSA) is 41.6 Å². The summed E-state index contributed by atoms with van der Waals surface area (Å²) in [6, 6.07) is 7.06. The summed E-state index contributed by atoms with van der Waals surface area (Å²) in [6.45, 7) is -0.309. The summed E-state index contributed by atoms with van der Waals surface area (Å²) in [5, 5.41) is 2.36. The number of hydrogen-bond donors (Lipinski definition) is 1. The number of nitrogens with one attached hydrogen (secondary N) is 1. The maximum absolute atomic E-state index is 12.0. The van der Waals surface area contributed by atoms with Crippen molar-refractivity contribution in [2.24, 2.45) is 0 Å². The first-order chi connectivity index (χ1) is 10.3. The van der Waals surface area contributed by atoms with Gasteiger partial charge in [0.05, 0.1) is 11.6 Å². The van der Waals surface area contributed by atoms with Crippen LogP contribution in [0.25, 0.3) is 0 Å². The molecule has 0 radical (unpaired) electrons. The number of carbonyl (C=O) groups excluding carboxylic acids is 1. The van der Waals surface area contributed by atoms with Crippen LogP contribution >= 0.6 is 11.6 Å². The van der Waals surface area contributed by atoms with E-state index in [0.717, 1.165) is 0 Å². The Bertz CT molecular complexity index is 525. The van der Waals surface area contributed by atoms with Crippen molar-refractivity contribution in [1.29, 1.82) is 0 Å². The van der Waals surface area contributed by atoms with Crippen molar-refractivity contribution < 1.29 is 22.7 Å². The van der Waals surface area contributed by atoms with Crippen molar-refractivity contribution in [1.82, 2.24) is 10.2 Å². The molecule has 1 heterocycles. The molecule has 2 rings (SSSR count). The van der Waals surface area contributed by atoms with Gasteiger partial charge in [-0.1, -0.05) is 23.7 Å². The zero-order valence-electron chi connectivity index (χ0n) is 11.7. The lowest BCUT2D eigenvalue weighted by molar-refractivity contribution is -0.138. The van der Waals surface area contributed by atoms with Gasteiger partial charge in [-0.25, -0.2) is 0 Å². The number of para-hydroxylation sites is 1. The highest BCUT2D eigenvalue weighted by Gasteiger charge is 2.29. The molecule has 8 heteroatoms. The van der Waals surface area contributed by atoms with Crippen LogP contribution in [0.5, 0.6) is 5.75 Å². The number of likely N-dealkylation sites (tertiary alicyclic amines) is 1. The molecule has 122 valence electrons. The smallest absolute Gasteiger partial charge is 0.405 e. The predicted molar refractivity (Wildman–Crippen MR) is 76.0 cm³/mol. The van der Waals surface area contributed by atoms with Gasteiger partial charge in [0.2, 0.25) is 5.91 Å². The van der Waals surface area contributed by atoms with Crippen LogP contribution in [0.15, 0.2) is 24.3 Å². The Morgan fingerprint density at radius 3 is 2.82 bits per heavy atom. The van der Waals surface area contributed by atoms with E-state index in [9.17, 15) is 18.0 Å². The van der Waals surface area contributed by atoms with E-state index in [2.05, 4.69) is 0 Å². The van der Waals surface area contributed by atoms with Crippen LogP contribution in [-0.2, 0) is 4.79 Å². The number of alkyl halides is 3. The lowest BCUT2D eigenvalue weighted by atomic mass is 10.3. The molecule has 0 aliphatic carbocycles. The zero-order chi connectivity index (χ0) is 16.2. The Labute approximate surface area is 131 Å². The van der Waals surface area contributed by atoms with E-state index in [1.807, 2.05) is 5.32 Å². The van der Waals surface area contributed by atoms with Crippen LogP contribution in [0.4, 0.5) is 13.2 Å². The molecule has 1 fully saturated rings. The van der Waals surface area contributed by atoms with E-state index in [-0.39, 0.29) is 12.6 Å². The highest BCUT2D eigenvalue weighted by molar-refractivity contribution is 6.32. The second kappa shape index (κ2) is 7.19. The fourth-order valence-corrected chi connectivity index (χ4v) is 2.39. The first kappa shape index (κ1) is 16.9. The minimum Gasteiger partial charge on any atom is -0.487 e. The Balaban J connectivity index is 1.76. The Morgan fingerprint density at radius 1 is 1.41 bits per heavy atom. The number of halogens is 4. The third-order valence-electron chi connectivity index (χ3n) is 3.21. The van der Waals surface area contributed by atoms with E-state index in [4.69, 9.17) is 16.3 Å². The fraction of sp³-hybridized carbons (Fsp3) is 0.500. The number of benzene rings is 1. The van der Waals surface area contributed by atoms with Gasteiger partial charge in [0.1, 0.15) is 18.4 Å². The molecule has 1 atom stereocenters. The molecule has 4 nitrogen and oxygen atoms in total. The van der Waals surface area contributed by atoms with Crippen LogP contribution in [0.3, 0.4) is 0 Å². The van der Waals surface area contributed by atoms with Crippen molar-refractivity contribution in [2.75, 3.05) is 26.2 Å². The van der Waals surface area contributed by atoms with Gasteiger partial charge in [0.25, 0.3) is 0 Å². The van der Waals surface area contributed by atoms with Gasteiger partial charge in [-0.15, -0.1) is 0 Å². The molecule has 0 bridgehead atoms. The van der Waals surface area contributed by atoms with Gasteiger partial charge in [-0.05, 0) is 18.6 Å². The number of hydrogen-bond acceptors (Lipinski definition) is 3. The molecule has 1 aliphatic rings. The van der Waals surface area contributed by atoms with Crippen molar-refractivity contribution >= 4 is 17.5 Å². The van der Waals surface area contributed by atoms with Crippen molar-refractivity contribution in [2.45, 2.75) is 18.7 Å². The van der Waals surface area contributed by atoms with Crippen molar-refractivity contribution in [3.05, 3.63) is 29.3 Å². The summed E-state index contributed by atoms with van der Waals surface area (Å²) in [4.78, 5) is 13.2. The molecule has 1 aromatic carbocycles. The van der Waals surface area contributed by atoms with Crippen LogP contribution < -0.4 is 10.1 Å². The molecule has 0 spiro atoms. The third kappa shape index (κ3) is 5.38. The molecule has 0 saturated carbocycles. The molecule has 1 saturated heterocycles. The molecular weight excluding hydrogens is 321 g/mol. The van der Waals surface area contributed by atoms with Gasteiger partial charge in [0.15, 0.2) is 0 Å². The quantitative estimate of drug-likeness (QED) is 0.898. The van der Waals surface area contributed by atoms with E-state index in [0.29, 0.717) is 30.3 Å². The Hall–Kier alpha value is -1.47. The van der Waals surface area contributed by atoms with Crippen LogP contribution in [-0.4, -0.2) is 49.3 Å². The van der Waals surface area contributed by atoms with E-state index in [1.165, 1.54) is 0 Å². The molecule has 1 unspecified atom stereocenters. The standard InChI is InChI=1S/C14H16ClF3N2O2/c15-11-3-1-2-4-12(11)22-10-5-6-20(7-10)8-13(21)19-9-14(16,17)18/h1-4,10H,5-9H2,(H,19,21). The first-order valence-electron chi connectivity index (χ1n) is 6.80.